The number of benzene rings is 1. The molecule has 2 aromatic rings. The van der Waals surface area contributed by atoms with Gasteiger partial charge in [-0.25, -0.2) is 4.98 Å². The smallest absolute Gasteiger partial charge is 0.180 e. The van der Waals surface area contributed by atoms with Crippen LogP contribution in [0.5, 0.6) is 0 Å². The van der Waals surface area contributed by atoms with Crippen molar-refractivity contribution in [2.75, 3.05) is 17.2 Å². The Morgan fingerprint density at radius 3 is 3.06 bits per heavy atom. The fourth-order valence-electron chi connectivity index (χ4n) is 2.64. The molecule has 1 aromatic heterocycles. The van der Waals surface area contributed by atoms with Crippen LogP contribution in [0.1, 0.15) is 18.2 Å². The van der Waals surface area contributed by atoms with E-state index < -0.39 is 0 Å². The maximum Gasteiger partial charge on any atom is 0.180 e. The zero-order chi connectivity index (χ0) is 12.5. The standard InChI is InChI=1S/C14H17N3S/c1-10-8-11-4-2-3-5-13(11)17(10)7-6-12-9-18-14(15)16-12/h2-5,9-10H,6-8H2,1H3,(H2,15,16). The van der Waals surface area contributed by atoms with Gasteiger partial charge in [0.2, 0.25) is 0 Å². The predicted octanol–water partition coefficient (Wildman–Crippen LogP) is 2.72. The number of nitrogens with zero attached hydrogens (tertiary/aromatic N) is 2. The van der Waals surface area contributed by atoms with Crippen molar-refractivity contribution < 1.29 is 0 Å². The van der Waals surface area contributed by atoms with Crippen molar-refractivity contribution in [3.63, 3.8) is 0 Å². The van der Waals surface area contributed by atoms with Crippen LogP contribution >= 0.6 is 11.3 Å². The van der Waals surface area contributed by atoms with Crippen LogP contribution in [0.25, 0.3) is 0 Å². The minimum Gasteiger partial charge on any atom is -0.375 e. The fourth-order valence-corrected chi connectivity index (χ4v) is 3.24. The topological polar surface area (TPSA) is 42.1 Å². The fraction of sp³-hybridized carbons (Fsp3) is 0.357. The van der Waals surface area contributed by atoms with Gasteiger partial charge >= 0.3 is 0 Å². The first-order valence-corrected chi connectivity index (χ1v) is 7.16. The molecule has 0 saturated carbocycles. The van der Waals surface area contributed by atoms with Crippen molar-refractivity contribution in [2.45, 2.75) is 25.8 Å². The number of hydrogen-bond donors (Lipinski definition) is 1. The first kappa shape index (κ1) is 11.5. The van der Waals surface area contributed by atoms with Gasteiger partial charge in [0.25, 0.3) is 0 Å². The van der Waals surface area contributed by atoms with E-state index in [-0.39, 0.29) is 0 Å². The molecule has 0 aliphatic carbocycles. The highest BCUT2D eigenvalue weighted by Crippen LogP contribution is 2.31. The average Bonchev–Trinajstić information content (AvgIpc) is 2.90. The van der Waals surface area contributed by atoms with Crippen molar-refractivity contribution >= 4 is 22.2 Å². The number of rotatable bonds is 3. The van der Waals surface area contributed by atoms with E-state index in [1.54, 1.807) is 0 Å². The number of nitrogens with two attached hydrogens (primary N) is 1. The zero-order valence-corrected chi connectivity index (χ0v) is 11.3. The largest absolute Gasteiger partial charge is 0.375 e. The number of aromatic nitrogens is 1. The maximum atomic E-state index is 5.66. The van der Waals surface area contributed by atoms with E-state index in [1.807, 2.05) is 0 Å². The van der Waals surface area contributed by atoms with Gasteiger partial charge in [-0.05, 0) is 25.0 Å². The van der Waals surface area contributed by atoms with E-state index in [1.165, 1.54) is 22.6 Å². The van der Waals surface area contributed by atoms with Crippen LogP contribution in [-0.2, 0) is 12.8 Å². The molecule has 0 fully saturated rings. The van der Waals surface area contributed by atoms with E-state index in [0.29, 0.717) is 11.2 Å². The molecule has 2 N–H and O–H groups in total. The molecule has 1 atom stereocenters. The highest BCUT2D eigenvalue weighted by Gasteiger charge is 2.24. The van der Waals surface area contributed by atoms with Gasteiger partial charge < -0.3 is 10.6 Å². The summed E-state index contributed by atoms with van der Waals surface area (Å²) >= 11 is 1.52. The minimum atomic E-state index is 0.582. The number of para-hydroxylation sites is 1. The van der Waals surface area contributed by atoms with Gasteiger partial charge in [-0.2, -0.15) is 0 Å². The molecule has 0 bridgehead atoms. The van der Waals surface area contributed by atoms with Crippen LogP contribution in [0.15, 0.2) is 29.6 Å². The summed E-state index contributed by atoms with van der Waals surface area (Å²) in [5, 5.41) is 2.72. The summed E-state index contributed by atoms with van der Waals surface area (Å²) in [6.45, 7) is 3.30. The van der Waals surface area contributed by atoms with Crippen molar-refractivity contribution in [3.8, 4) is 0 Å². The lowest BCUT2D eigenvalue weighted by Gasteiger charge is -2.24. The lowest BCUT2D eigenvalue weighted by atomic mass is 10.1. The van der Waals surface area contributed by atoms with Gasteiger partial charge in [0.15, 0.2) is 5.13 Å². The SMILES string of the molecule is CC1Cc2ccccc2N1CCc1csc(N)n1. The molecule has 4 heteroatoms. The zero-order valence-electron chi connectivity index (χ0n) is 10.5. The first-order valence-electron chi connectivity index (χ1n) is 6.28. The van der Waals surface area contributed by atoms with E-state index in [0.717, 1.165) is 25.1 Å². The Kier molecular flexibility index (Phi) is 2.96. The number of anilines is 2. The number of nitrogen functional groups attached to an aromatic ring is 1. The molecular weight excluding hydrogens is 242 g/mol. The van der Waals surface area contributed by atoms with Gasteiger partial charge in [0.1, 0.15) is 0 Å². The van der Waals surface area contributed by atoms with Crippen LogP contribution in [0.2, 0.25) is 0 Å². The monoisotopic (exact) mass is 259 g/mol. The third-order valence-electron chi connectivity index (χ3n) is 3.53. The number of hydrogen-bond acceptors (Lipinski definition) is 4. The normalized spacial score (nSPS) is 18.1. The second kappa shape index (κ2) is 4.61. The molecular formula is C14H17N3S. The maximum absolute atomic E-state index is 5.66. The molecule has 18 heavy (non-hydrogen) atoms. The lowest BCUT2D eigenvalue weighted by molar-refractivity contribution is 0.667. The summed E-state index contributed by atoms with van der Waals surface area (Å²) < 4.78 is 0. The average molecular weight is 259 g/mol. The Bertz CT molecular complexity index is 549. The highest BCUT2D eigenvalue weighted by atomic mass is 32.1. The van der Waals surface area contributed by atoms with E-state index in [4.69, 9.17) is 5.73 Å². The second-order valence-electron chi connectivity index (χ2n) is 4.80. The molecule has 0 amide bonds. The molecule has 1 aliphatic rings. The molecule has 0 spiro atoms. The summed E-state index contributed by atoms with van der Waals surface area (Å²) in [6, 6.07) is 9.26. The first-order chi connectivity index (χ1) is 8.74. The molecule has 94 valence electrons. The number of fused-ring (bicyclic) bond motifs is 1. The minimum absolute atomic E-state index is 0.582. The molecule has 0 radical (unpaired) electrons. The molecule has 0 saturated heterocycles. The quantitative estimate of drug-likeness (QED) is 0.921. The molecule has 3 nitrogen and oxygen atoms in total. The van der Waals surface area contributed by atoms with Crippen molar-refractivity contribution in [2.24, 2.45) is 0 Å². The van der Waals surface area contributed by atoms with Crippen LogP contribution in [0.3, 0.4) is 0 Å². The molecule has 2 heterocycles. The highest BCUT2D eigenvalue weighted by molar-refractivity contribution is 7.13. The van der Waals surface area contributed by atoms with E-state index in [2.05, 4.69) is 46.5 Å². The van der Waals surface area contributed by atoms with Crippen LogP contribution in [0.4, 0.5) is 10.8 Å². The summed E-state index contributed by atoms with van der Waals surface area (Å²) in [4.78, 5) is 6.80. The Morgan fingerprint density at radius 1 is 1.44 bits per heavy atom. The summed E-state index contributed by atoms with van der Waals surface area (Å²) in [5.74, 6) is 0. The van der Waals surface area contributed by atoms with E-state index in [9.17, 15) is 0 Å². The Labute approximate surface area is 111 Å². The van der Waals surface area contributed by atoms with Crippen molar-refractivity contribution in [1.29, 1.82) is 0 Å². The Morgan fingerprint density at radius 2 is 2.28 bits per heavy atom. The number of thiazole rings is 1. The summed E-state index contributed by atoms with van der Waals surface area (Å²) in [7, 11) is 0. The van der Waals surface area contributed by atoms with Crippen molar-refractivity contribution in [3.05, 3.63) is 40.9 Å². The summed E-state index contributed by atoms with van der Waals surface area (Å²) in [5.41, 5.74) is 9.61. The van der Waals surface area contributed by atoms with Crippen LogP contribution in [-0.4, -0.2) is 17.6 Å². The van der Waals surface area contributed by atoms with Gasteiger partial charge in [-0.1, -0.05) is 18.2 Å². The third-order valence-corrected chi connectivity index (χ3v) is 4.25. The Balaban J connectivity index is 1.73. The van der Waals surface area contributed by atoms with Crippen LogP contribution in [0, 0.1) is 0 Å². The second-order valence-corrected chi connectivity index (χ2v) is 5.69. The molecule has 1 aliphatic heterocycles. The molecule has 1 unspecified atom stereocenters. The molecule has 3 rings (SSSR count). The third kappa shape index (κ3) is 2.08. The van der Waals surface area contributed by atoms with Gasteiger partial charge in [-0.3, -0.25) is 0 Å². The van der Waals surface area contributed by atoms with Crippen LogP contribution < -0.4 is 10.6 Å². The van der Waals surface area contributed by atoms with Gasteiger partial charge in [0.05, 0.1) is 5.69 Å². The molecule has 1 aromatic carbocycles. The Hall–Kier alpha value is -1.55. The van der Waals surface area contributed by atoms with E-state index >= 15 is 0 Å². The lowest BCUT2D eigenvalue weighted by Crippen LogP contribution is -2.31. The van der Waals surface area contributed by atoms with Gasteiger partial charge in [0, 0.05) is 30.1 Å². The predicted molar refractivity (Wildman–Crippen MR) is 77.2 cm³/mol. The van der Waals surface area contributed by atoms with Crippen molar-refractivity contribution in [1.82, 2.24) is 4.98 Å². The van der Waals surface area contributed by atoms with Gasteiger partial charge in [-0.15, -0.1) is 11.3 Å². The summed E-state index contributed by atoms with van der Waals surface area (Å²) in [6.07, 6.45) is 2.11.